The fraction of sp³-hybridized carbons (Fsp3) is 0.150. The van der Waals surface area contributed by atoms with Crippen LogP contribution in [0.5, 0.6) is 0 Å². The van der Waals surface area contributed by atoms with Crippen LogP contribution >= 0.6 is 11.6 Å². The van der Waals surface area contributed by atoms with E-state index < -0.39 is 0 Å². The average molecular weight is 365 g/mol. The molecule has 2 aromatic carbocycles. The summed E-state index contributed by atoms with van der Waals surface area (Å²) in [6.07, 6.45) is 3.34. The summed E-state index contributed by atoms with van der Waals surface area (Å²) in [5.74, 6) is 0.909. The third-order valence-corrected chi connectivity index (χ3v) is 4.69. The van der Waals surface area contributed by atoms with E-state index in [-0.39, 0.29) is 5.91 Å². The van der Waals surface area contributed by atoms with E-state index in [2.05, 4.69) is 15.3 Å². The number of halogens is 1. The van der Waals surface area contributed by atoms with Crippen molar-refractivity contribution < 1.29 is 4.79 Å². The summed E-state index contributed by atoms with van der Waals surface area (Å²) < 4.78 is 0. The standard InChI is InChI=1S/C20H17ClN4O/c21-17-7-5-14(6-8-17)16-12-25(13-16)19(26)15-3-1-4-18(11-15)24-20-22-9-2-10-23-20/h1-11,16H,12-13H2,(H,22,23,24). The van der Waals surface area contributed by atoms with Gasteiger partial charge in [0, 0.05) is 47.7 Å². The molecule has 0 spiro atoms. The third-order valence-electron chi connectivity index (χ3n) is 4.44. The Kier molecular flexibility index (Phi) is 4.54. The maximum Gasteiger partial charge on any atom is 0.253 e. The highest BCUT2D eigenvalue weighted by Gasteiger charge is 2.32. The van der Waals surface area contributed by atoms with Crippen molar-refractivity contribution in [3.63, 3.8) is 0 Å². The largest absolute Gasteiger partial charge is 0.337 e. The van der Waals surface area contributed by atoms with Crippen molar-refractivity contribution in [3.05, 3.63) is 83.1 Å². The first-order valence-corrected chi connectivity index (χ1v) is 8.76. The molecule has 0 bridgehead atoms. The van der Waals surface area contributed by atoms with Gasteiger partial charge in [-0.25, -0.2) is 9.97 Å². The number of nitrogens with zero attached hydrogens (tertiary/aromatic N) is 3. The summed E-state index contributed by atoms with van der Waals surface area (Å²) in [5, 5.41) is 3.84. The van der Waals surface area contributed by atoms with Crippen LogP contribution in [0.3, 0.4) is 0 Å². The van der Waals surface area contributed by atoms with Crippen LogP contribution < -0.4 is 5.32 Å². The SMILES string of the molecule is O=C(c1cccc(Nc2ncccn2)c1)N1CC(c2ccc(Cl)cc2)C1. The Hall–Kier alpha value is -2.92. The van der Waals surface area contributed by atoms with Gasteiger partial charge in [0.05, 0.1) is 0 Å². The molecule has 1 fully saturated rings. The number of carbonyl (C=O) groups excluding carboxylic acids is 1. The first-order chi connectivity index (χ1) is 12.7. The van der Waals surface area contributed by atoms with Crippen LogP contribution in [0.25, 0.3) is 0 Å². The predicted molar refractivity (Wildman–Crippen MR) is 102 cm³/mol. The number of likely N-dealkylation sites (tertiary alicyclic amines) is 1. The lowest BCUT2D eigenvalue weighted by Gasteiger charge is -2.39. The molecule has 4 rings (SSSR count). The zero-order valence-corrected chi connectivity index (χ0v) is 14.7. The summed E-state index contributed by atoms with van der Waals surface area (Å²) in [6.45, 7) is 1.44. The molecule has 0 radical (unpaired) electrons. The van der Waals surface area contributed by atoms with Crippen LogP contribution in [0.15, 0.2) is 67.0 Å². The number of benzene rings is 2. The molecule has 1 aliphatic rings. The van der Waals surface area contributed by atoms with Crippen LogP contribution in [0.1, 0.15) is 21.8 Å². The number of hydrogen-bond acceptors (Lipinski definition) is 4. The molecule has 6 heteroatoms. The summed E-state index contributed by atoms with van der Waals surface area (Å²) >= 11 is 5.93. The molecule has 1 saturated heterocycles. The van der Waals surface area contributed by atoms with E-state index in [1.165, 1.54) is 5.56 Å². The van der Waals surface area contributed by atoms with Gasteiger partial charge < -0.3 is 10.2 Å². The highest BCUT2D eigenvalue weighted by molar-refractivity contribution is 6.30. The minimum Gasteiger partial charge on any atom is -0.337 e. The maximum atomic E-state index is 12.7. The van der Waals surface area contributed by atoms with Crippen molar-refractivity contribution in [2.24, 2.45) is 0 Å². The Morgan fingerprint density at radius 2 is 1.77 bits per heavy atom. The number of aromatic nitrogens is 2. The van der Waals surface area contributed by atoms with Crippen molar-refractivity contribution in [2.75, 3.05) is 18.4 Å². The second-order valence-corrected chi connectivity index (χ2v) is 6.67. The van der Waals surface area contributed by atoms with E-state index in [0.29, 0.717) is 17.4 Å². The number of nitrogens with one attached hydrogen (secondary N) is 1. The van der Waals surface area contributed by atoms with Crippen LogP contribution in [-0.4, -0.2) is 33.9 Å². The smallest absolute Gasteiger partial charge is 0.253 e. The van der Waals surface area contributed by atoms with Crippen LogP contribution in [0.2, 0.25) is 5.02 Å². The molecule has 0 unspecified atom stereocenters. The lowest BCUT2D eigenvalue weighted by Crippen LogP contribution is -2.48. The molecule has 1 amide bonds. The zero-order chi connectivity index (χ0) is 17.9. The Balaban J connectivity index is 1.41. The van der Waals surface area contributed by atoms with Gasteiger partial charge in [-0.3, -0.25) is 4.79 Å². The number of carbonyl (C=O) groups is 1. The van der Waals surface area contributed by atoms with Gasteiger partial charge >= 0.3 is 0 Å². The maximum absolute atomic E-state index is 12.7. The zero-order valence-electron chi connectivity index (χ0n) is 14.0. The molecular weight excluding hydrogens is 348 g/mol. The van der Waals surface area contributed by atoms with Gasteiger partial charge in [0.2, 0.25) is 5.95 Å². The van der Waals surface area contributed by atoms with Crippen molar-refractivity contribution in [3.8, 4) is 0 Å². The van der Waals surface area contributed by atoms with Crippen molar-refractivity contribution in [1.82, 2.24) is 14.9 Å². The Morgan fingerprint density at radius 1 is 1.04 bits per heavy atom. The van der Waals surface area contributed by atoms with Crippen molar-refractivity contribution in [2.45, 2.75) is 5.92 Å². The van der Waals surface area contributed by atoms with E-state index in [0.717, 1.165) is 23.8 Å². The minimum absolute atomic E-state index is 0.0350. The molecular formula is C20H17ClN4O. The highest BCUT2D eigenvalue weighted by Crippen LogP contribution is 2.29. The van der Waals surface area contributed by atoms with Crippen LogP contribution in [-0.2, 0) is 0 Å². The summed E-state index contributed by atoms with van der Waals surface area (Å²) in [5.41, 5.74) is 2.66. The lowest BCUT2D eigenvalue weighted by molar-refractivity contribution is 0.0602. The van der Waals surface area contributed by atoms with E-state index in [4.69, 9.17) is 11.6 Å². The first-order valence-electron chi connectivity index (χ1n) is 8.38. The molecule has 1 N–H and O–H groups in total. The van der Waals surface area contributed by atoms with Gasteiger partial charge in [0.1, 0.15) is 0 Å². The Bertz CT molecular complexity index is 909. The molecule has 5 nitrogen and oxygen atoms in total. The first kappa shape index (κ1) is 16.5. The number of rotatable bonds is 4. The monoisotopic (exact) mass is 364 g/mol. The average Bonchev–Trinajstić information content (AvgIpc) is 2.63. The predicted octanol–water partition coefficient (Wildman–Crippen LogP) is 4.11. The van der Waals surface area contributed by atoms with E-state index >= 15 is 0 Å². The Labute approximate surface area is 156 Å². The van der Waals surface area contributed by atoms with E-state index in [1.54, 1.807) is 18.5 Å². The minimum atomic E-state index is 0.0350. The number of hydrogen-bond donors (Lipinski definition) is 1. The lowest BCUT2D eigenvalue weighted by atomic mass is 9.91. The molecule has 0 saturated carbocycles. The second-order valence-electron chi connectivity index (χ2n) is 6.24. The molecule has 26 heavy (non-hydrogen) atoms. The molecule has 3 aromatic rings. The van der Waals surface area contributed by atoms with Crippen molar-refractivity contribution in [1.29, 1.82) is 0 Å². The number of amides is 1. The van der Waals surface area contributed by atoms with Gasteiger partial charge in [-0.05, 0) is 42.0 Å². The van der Waals surface area contributed by atoms with E-state index in [1.807, 2.05) is 53.4 Å². The van der Waals surface area contributed by atoms with E-state index in [9.17, 15) is 4.79 Å². The van der Waals surface area contributed by atoms with Crippen molar-refractivity contribution >= 4 is 29.1 Å². The normalized spacial score (nSPS) is 14.0. The van der Waals surface area contributed by atoms with Gasteiger partial charge in [-0.2, -0.15) is 0 Å². The molecule has 0 atom stereocenters. The fourth-order valence-corrected chi connectivity index (χ4v) is 3.12. The summed E-state index contributed by atoms with van der Waals surface area (Å²) in [4.78, 5) is 22.8. The molecule has 1 aliphatic heterocycles. The quantitative estimate of drug-likeness (QED) is 0.756. The third kappa shape index (κ3) is 3.53. The molecule has 2 heterocycles. The van der Waals surface area contributed by atoms with Crippen LogP contribution in [0.4, 0.5) is 11.6 Å². The van der Waals surface area contributed by atoms with Gasteiger partial charge in [0.15, 0.2) is 0 Å². The summed E-state index contributed by atoms with van der Waals surface area (Å²) in [7, 11) is 0. The van der Waals surface area contributed by atoms with Crippen LogP contribution in [0, 0.1) is 0 Å². The molecule has 130 valence electrons. The molecule has 0 aliphatic carbocycles. The second kappa shape index (κ2) is 7.14. The topological polar surface area (TPSA) is 58.1 Å². The van der Waals surface area contributed by atoms with Gasteiger partial charge in [-0.15, -0.1) is 0 Å². The van der Waals surface area contributed by atoms with Gasteiger partial charge in [0.25, 0.3) is 5.91 Å². The Morgan fingerprint density at radius 3 is 2.50 bits per heavy atom. The number of anilines is 2. The highest BCUT2D eigenvalue weighted by atomic mass is 35.5. The fourth-order valence-electron chi connectivity index (χ4n) is 3.00. The summed E-state index contributed by atoms with van der Waals surface area (Å²) in [6, 6.07) is 17.0. The molecule has 1 aromatic heterocycles. The van der Waals surface area contributed by atoms with Gasteiger partial charge in [-0.1, -0.05) is 29.8 Å².